The second kappa shape index (κ2) is 19.7. The molecule has 80 heavy (non-hydrogen) atoms. The fourth-order valence-electron chi connectivity index (χ4n) is 11.5. The lowest BCUT2D eigenvalue weighted by Gasteiger charge is -2.14. The van der Waals surface area contributed by atoms with Gasteiger partial charge in [-0.05, 0) is 128 Å². The summed E-state index contributed by atoms with van der Waals surface area (Å²) in [7, 11) is 0. The molecule has 0 amide bonds. The topological polar surface area (TPSA) is 56.7 Å². The maximum absolute atomic E-state index is 6.64. The van der Waals surface area contributed by atoms with Gasteiger partial charge in [-0.25, -0.2) is 15.0 Å². The lowest BCUT2D eigenvalue weighted by atomic mass is 9.91. The fourth-order valence-corrected chi connectivity index (χ4v) is 11.5. The Kier molecular flexibility index (Phi) is 11.4. The number of hydrogen-bond donors (Lipinski definition) is 0. The average molecular weight is 1020 g/mol. The van der Waals surface area contributed by atoms with Crippen molar-refractivity contribution in [3.63, 3.8) is 0 Å². The first-order valence-corrected chi connectivity index (χ1v) is 27.1. The molecule has 0 saturated heterocycles. The Balaban J connectivity index is 0.862. The molecule has 0 saturated carbocycles. The third-order valence-electron chi connectivity index (χ3n) is 15.4. The predicted octanol–water partition coefficient (Wildman–Crippen LogP) is 19.9. The van der Waals surface area contributed by atoms with Crippen molar-refractivity contribution in [1.29, 1.82) is 0 Å². The molecule has 15 rings (SSSR count). The Morgan fingerprint density at radius 1 is 0.237 bits per heavy atom. The minimum Gasteiger partial charge on any atom is -0.455 e. The van der Waals surface area contributed by atoms with Gasteiger partial charge in [-0.1, -0.05) is 224 Å². The second-order valence-electron chi connectivity index (χ2n) is 20.4. The van der Waals surface area contributed by atoms with Crippen LogP contribution < -0.4 is 0 Å². The molecule has 0 N–H and O–H groups in total. The molecule has 0 aliphatic heterocycles. The third kappa shape index (κ3) is 8.51. The summed E-state index contributed by atoms with van der Waals surface area (Å²) in [6.07, 6.45) is 0. The molecule has 0 aliphatic rings. The number of hydrogen-bond acceptors (Lipinski definition) is 4. The van der Waals surface area contributed by atoms with Crippen molar-refractivity contribution in [2.75, 3.05) is 0 Å². The lowest BCUT2D eigenvalue weighted by Crippen LogP contribution is -2.01. The summed E-state index contributed by atoms with van der Waals surface area (Å²) in [5.41, 5.74) is 21.1. The highest BCUT2D eigenvalue weighted by molar-refractivity contribution is 6.11. The maximum Gasteiger partial charge on any atom is 0.164 e. The summed E-state index contributed by atoms with van der Waals surface area (Å²) in [5, 5.41) is 4.62. The van der Waals surface area contributed by atoms with E-state index in [9.17, 15) is 0 Å². The number of furan rings is 1. The molecule has 0 fully saturated rings. The standard InChI is InChI=1S/C75H48N4O/c1-3-18-49(19-4-1)53-22-13-24-55(42-53)56-25-15-27-58(44-56)74-76-73(77-75(78-74)59-28-16-29-63(48-59)79-69-35-10-7-30-65(69)66-31-8-11-36-70(66)79)52-40-38-51(39-41-52)60-45-61(57-26-14-23-54(43-57)50-20-5-2-6-21-50)47-62(46-60)64-33-17-34-68-67-32-9-12-37-71(67)80-72(64)68/h1-48H. The average Bonchev–Trinajstić information content (AvgIpc) is 4.12. The van der Waals surface area contributed by atoms with Gasteiger partial charge in [-0.3, -0.25) is 0 Å². The minimum absolute atomic E-state index is 0.582. The summed E-state index contributed by atoms with van der Waals surface area (Å²) < 4.78 is 8.98. The van der Waals surface area contributed by atoms with Crippen molar-refractivity contribution >= 4 is 43.7 Å². The molecule has 374 valence electrons. The van der Waals surface area contributed by atoms with Gasteiger partial charge in [0, 0.05) is 49.5 Å². The van der Waals surface area contributed by atoms with Crippen LogP contribution in [0.3, 0.4) is 0 Å². The Labute approximate surface area is 463 Å². The SMILES string of the molecule is c1ccc(-c2cccc(-c3cccc(-c4nc(-c5ccc(-c6cc(-c7cccc(-c8ccccc8)c7)cc(-c7cccc8c7oc7ccccc78)c6)cc5)nc(-c5cccc(-n6c7ccccc7c7ccccc76)c5)n4)c3)c2)cc1. The van der Waals surface area contributed by atoms with Crippen LogP contribution in [0, 0.1) is 0 Å². The monoisotopic (exact) mass is 1020 g/mol. The number of fused-ring (bicyclic) bond motifs is 6. The molecule has 0 spiro atoms. The molecule has 0 atom stereocenters. The molecule has 3 aromatic heterocycles. The number of rotatable bonds is 10. The summed E-state index contributed by atoms with van der Waals surface area (Å²) in [6, 6.07) is 103. The molecule has 5 nitrogen and oxygen atoms in total. The third-order valence-corrected chi connectivity index (χ3v) is 15.4. The molecular weight excluding hydrogens is 973 g/mol. The molecule has 5 heteroatoms. The summed E-state index contributed by atoms with van der Waals surface area (Å²) in [5.74, 6) is 1.76. The van der Waals surface area contributed by atoms with E-state index in [-0.39, 0.29) is 0 Å². The highest BCUT2D eigenvalue weighted by Gasteiger charge is 2.19. The Morgan fingerprint density at radius 3 is 1.23 bits per heavy atom. The van der Waals surface area contributed by atoms with Crippen LogP contribution in [0.1, 0.15) is 0 Å². The number of nitrogens with zero attached hydrogens (tertiary/aromatic N) is 4. The smallest absolute Gasteiger partial charge is 0.164 e. The number of aromatic nitrogens is 4. The van der Waals surface area contributed by atoms with Gasteiger partial charge < -0.3 is 8.98 Å². The van der Waals surface area contributed by atoms with Gasteiger partial charge in [-0.15, -0.1) is 0 Å². The molecule has 0 aliphatic carbocycles. The summed E-state index contributed by atoms with van der Waals surface area (Å²) in [6.45, 7) is 0. The van der Waals surface area contributed by atoms with Crippen LogP contribution in [0.15, 0.2) is 296 Å². The van der Waals surface area contributed by atoms with Crippen molar-refractivity contribution in [3.8, 4) is 107 Å². The molecule has 0 unspecified atom stereocenters. The molecule has 0 radical (unpaired) electrons. The molecule has 15 aromatic rings. The highest BCUT2D eigenvalue weighted by atomic mass is 16.3. The van der Waals surface area contributed by atoms with Crippen molar-refractivity contribution < 1.29 is 4.42 Å². The summed E-state index contributed by atoms with van der Waals surface area (Å²) >= 11 is 0. The number of para-hydroxylation sites is 4. The minimum atomic E-state index is 0.582. The predicted molar refractivity (Wildman–Crippen MR) is 330 cm³/mol. The molecule has 0 bridgehead atoms. The Bertz CT molecular complexity index is 4770. The van der Waals surface area contributed by atoms with Crippen molar-refractivity contribution in [1.82, 2.24) is 19.5 Å². The zero-order valence-electron chi connectivity index (χ0n) is 43.4. The molecule has 12 aromatic carbocycles. The van der Waals surface area contributed by atoms with Gasteiger partial charge in [0.25, 0.3) is 0 Å². The van der Waals surface area contributed by atoms with Gasteiger partial charge in [-0.2, -0.15) is 0 Å². The molecular formula is C75H48N4O. The highest BCUT2D eigenvalue weighted by Crippen LogP contribution is 2.41. The van der Waals surface area contributed by atoms with Crippen LogP contribution in [0.25, 0.3) is 150 Å². The zero-order chi connectivity index (χ0) is 52.9. The van der Waals surface area contributed by atoms with Crippen molar-refractivity contribution in [2.45, 2.75) is 0 Å². The Morgan fingerprint density at radius 2 is 0.613 bits per heavy atom. The first kappa shape index (κ1) is 46.5. The molecule has 3 heterocycles. The van der Waals surface area contributed by atoms with E-state index < -0.39 is 0 Å². The van der Waals surface area contributed by atoms with E-state index in [0.29, 0.717) is 17.5 Å². The normalized spacial score (nSPS) is 11.5. The van der Waals surface area contributed by atoms with Crippen LogP contribution in [0.4, 0.5) is 0 Å². The first-order chi connectivity index (χ1) is 39.6. The van der Waals surface area contributed by atoms with E-state index in [1.807, 2.05) is 12.1 Å². The van der Waals surface area contributed by atoms with Crippen LogP contribution in [0.2, 0.25) is 0 Å². The second-order valence-corrected chi connectivity index (χ2v) is 20.4. The van der Waals surface area contributed by atoms with Gasteiger partial charge in [0.1, 0.15) is 11.2 Å². The maximum atomic E-state index is 6.64. The van der Waals surface area contributed by atoms with Gasteiger partial charge in [0.15, 0.2) is 17.5 Å². The quantitative estimate of drug-likeness (QED) is 0.137. The van der Waals surface area contributed by atoms with E-state index in [4.69, 9.17) is 19.4 Å². The number of benzene rings is 12. The van der Waals surface area contributed by atoms with Gasteiger partial charge >= 0.3 is 0 Å². The fraction of sp³-hybridized carbons (Fsp3) is 0. The van der Waals surface area contributed by atoms with E-state index in [2.05, 4.69) is 284 Å². The van der Waals surface area contributed by atoms with Crippen LogP contribution in [0.5, 0.6) is 0 Å². The van der Waals surface area contributed by atoms with E-state index in [1.165, 1.54) is 21.9 Å². The van der Waals surface area contributed by atoms with E-state index in [1.54, 1.807) is 0 Å². The first-order valence-electron chi connectivity index (χ1n) is 27.1. The summed E-state index contributed by atoms with van der Waals surface area (Å²) in [4.78, 5) is 15.9. The van der Waals surface area contributed by atoms with E-state index >= 15 is 0 Å². The van der Waals surface area contributed by atoms with Crippen molar-refractivity contribution in [3.05, 3.63) is 291 Å². The van der Waals surface area contributed by atoms with Gasteiger partial charge in [0.05, 0.1) is 11.0 Å². The van der Waals surface area contributed by atoms with Gasteiger partial charge in [0.2, 0.25) is 0 Å². The Hall–Kier alpha value is -10.8. The zero-order valence-corrected chi connectivity index (χ0v) is 43.4. The largest absolute Gasteiger partial charge is 0.455 e. The van der Waals surface area contributed by atoms with Crippen LogP contribution >= 0.6 is 0 Å². The lowest BCUT2D eigenvalue weighted by molar-refractivity contribution is 0.670. The van der Waals surface area contributed by atoms with Crippen LogP contribution in [-0.2, 0) is 0 Å². The van der Waals surface area contributed by atoms with E-state index in [0.717, 1.165) is 111 Å². The van der Waals surface area contributed by atoms with Crippen molar-refractivity contribution in [2.24, 2.45) is 0 Å². The van der Waals surface area contributed by atoms with Crippen LogP contribution in [-0.4, -0.2) is 19.5 Å².